The first-order valence-electron chi connectivity index (χ1n) is 27.3. The molecule has 0 spiro atoms. The van der Waals surface area contributed by atoms with Crippen molar-refractivity contribution in [3.05, 3.63) is 270 Å². The van der Waals surface area contributed by atoms with Crippen molar-refractivity contribution in [3.8, 4) is 44.5 Å². The zero-order valence-corrected chi connectivity index (χ0v) is 41.6. The van der Waals surface area contributed by atoms with Crippen molar-refractivity contribution in [1.82, 2.24) is 0 Å². The van der Waals surface area contributed by atoms with Gasteiger partial charge in [0.05, 0.1) is 5.41 Å². The van der Waals surface area contributed by atoms with Gasteiger partial charge in [-0.15, -0.1) is 0 Å². The summed E-state index contributed by atoms with van der Waals surface area (Å²) in [5.41, 5.74) is 21.6. The molecule has 4 aliphatic carbocycles. The van der Waals surface area contributed by atoms with Gasteiger partial charge < -0.3 is 4.90 Å². The predicted octanol–water partition coefficient (Wildman–Crippen LogP) is 19.6. The molecule has 3 atom stereocenters. The smallest absolute Gasteiger partial charge is 0.0714 e. The zero-order valence-electron chi connectivity index (χ0n) is 41.6. The van der Waals surface area contributed by atoms with Gasteiger partial charge in [0.15, 0.2) is 0 Å². The van der Waals surface area contributed by atoms with E-state index >= 15 is 0 Å². The molecule has 0 N–H and O–H groups in total. The zero-order chi connectivity index (χ0) is 48.3. The van der Waals surface area contributed by atoms with Crippen LogP contribution in [0.15, 0.2) is 237 Å². The standard InChI is InChI=1S/C72H61N/c1-5-16-52(17-6-1)64-26-15-27-68-71(64)66-45-43-62(48-69(66)72(68,58-21-9-3-10-22-58)59-23-11-4-12-24-59)73(60-39-34-51(35-40-60)50-30-32-55(33-31-50)67-47-49-28-29-57(67)46-49)61-41-36-54(37-42-61)65-44-38-53-18-13-14-25-63(53)70(65)56-19-7-2-8-20-56/h2-4,7-15,18-27,30-45,48-49,52,57,67H,1,5-6,16-17,28-29,46-47H2. The SMILES string of the molecule is c1ccc(-c2c(-c3ccc(N(c4ccc(-c5ccc(C6CC7CCC6C7)cc5)cc4)c4ccc5c(c4)C(c4ccccc4)(c4ccccc4)c4cccc(C6CCCCC6)c4-5)cc3)ccc3ccccc23)cc1. The van der Waals surface area contributed by atoms with Crippen molar-refractivity contribution < 1.29 is 0 Å². The monoisotopic (exact) mass is 939 g/mol. The third kappa shape index (κ3) is 7.50. The number of benzene rings is 10. The molecule has 3 fully saturated rings. The minimum absolute atomic E-state index is 0.513. The fourth-order valence-corrected chi connectivity index (χ4v) is 14.5. The number of fused-ring (bicyclic) bond motifs is 6. The summed E-state index contributed by atoms with van der Waals surface area (Å²) < 4.78 is 0. The summed E-state index contributed by atoms with van der Waals surface area (Å²) in [4.78, 5) is 2.50. The molecule has 0 saturated heterocycles. The average Bonchev–Trinajstić information content (AvgIpc) is 4.20. The Labute approximate surface area is 431 Å². The molecular formula is C72H61N. The summed E-state index contributed by atoms with van der Waals surface area (Å²) >= 11 is 0. The lowest BCUT2D eigenvalue weighted by atomic mass is 9.67. The number of rotatable bonds is 10. The third-order valence-electron chi connectivity index (χ3n) is 17.9. The molecule has 10 aromatic rings. The number of hydrogen-bond donors (Lipinski definition) is 0. The molecule has 1 nitrogen and oxygen atoms in total. The second-order valence-electron chi connectivity index (χ2n) is 21.7. The van der Waals surface area contributed by atoms with Crippen LogP contribution in [0.25, 0.3) is 55.3 Å². The molecule has 73 heavy (non-hydrogen) atoms. The van der Waals surface area contributed by atoms with Gasteiger partial charge in [-0.25, -0.2) is 0 Å². The van der Waals surface area contributed by atoms with Gasteiger partial charge in [-0.3, -0.25) is 0 Å². The van der Waals surface area contributed by atoms with E-state index in [0.29, 0.717) is 5.92 Å². The maximum atomic E-state index is 2.55. The highest BCUT2D eigenvalue weighted by molar-refractivity contribution is 6.04. The van der Waals surface area contributed by atoms with Crippen LogP contribution in [0.5, 0.6) is 0 Å². The lowest BCUT2D eigenvalue weighted by Gasteiger charge is -2.35. The fraction of sp³-hybridized carbons (Fsp3) is 0.194. The van der Waals surface area contributed by atoms with Crippen molar-refractivity contribution in [2.45, 2.75) is 75.0 Å². The number of nitrogens with zero attached hydrogens (tertiary/aromatic N) is 1. The molecule has 1 heteroatoms. The summed E-state index contributed by atoms with van der Waals surface area (Å²) in [5, 5.41) is 2.52. The van der Waals surface area contributed by atoms with Gasteiger partial charge in [0, 0.05) is 17.1 Å². The van der Waals surface area contributed by atoms with Crippen LogP contribution in [0.1, 0.15) is 103 Å². The molecule has 0 radical (unpaired) electrons. The normalized spacial score (nSPS) is 18.7. The second-order valence-corrected chi connectivity index (χ2v) is 21.7. The molecule has 10 aromatic carbocycles. The van der Waals surface area contributed by atoms with Crippen molar-refractivity contribution in [3.63, 3.8) is 0 Å². The van der Waals surface area contributed by atoms with Gasteiger partial charge in [-0.2, -0.15) is 0 Å². The maximum Gasteiger partial charge on any atom is 0.0714 e. The van der Waals surface area contributed by atoms with Crippen LogP contribution in [-0.4, -0.2) is 0 Å². The van der Waals surface area contributed by atoms with Crippen LogP contribution in [0.3, 0.4) is 0 Å². The van der Waals surface area contributed by atoms with E-state index in [1.807, 2.05) is 0 Å². The Morgan fingerprint density at radius 3 is 1.64 bits per heavy atom. The van der Waals surface area contributed by atoms with Gasteiger partial charge in [-0.05, 0) is 181 Å². The van der Waals surface area contributed by atoms with Crippen molar-refractivity contribution in [2.24, 2.45) is 11.8 Å². The van der Waals surface area contributed by atoms with E-state index in [1.54, 1.807) is 0 Å². The lowest BCUT2D eigenvalue weighted by molar-refractivity contribution is 0.420. The number of hydrogen-bond acceptors (Lipinski definition) is 1. The molecule has 3 saturated carbocycles. The summed E-state index contributed by atoms with van der Waals surface area (Å²) in [7, 11) is 0. The van der Waals surface area contributed by atoms with Gasteiger partial charge in [-0.1, -0.05) is 226 Å². The van der Waals surface area contributed by atoms with Crippen LogP contribution in [0, 0.1) is 11.8 Å². The van der Waals surface area contributed by atoms with Crippen LogP contribution < -0.4 is 4.90 Å². The Balaban J connectivity index is 0.931. The highest BCUT2D eigenvalue weighted by Crippen LogP contribution is 2.60. The van der Waals surface area contributed by atoms with E-state index in [0.717, 1.165) is 34.8 Å². The maximum absolute atomic E-state index is 2.55. The molecule has 2 bridgehead atoms. The van der Waals surface area contributed by atoms with Gasteiger partial charge in [0.25, 0.3) is 0 Å². The quantitative estimate of drug-likeness (QED) is 0.132. The summed E-state index contributed by atoms with van der Waals surface area (Å²) in [6.07, 6.45) is 12.1. The van der Waals surface area contributed by atoms with E-state index in [9.17, 15) is 0 Å². The Kier molecular flexibility index (Phi) is 11.1. The van der Waals surface area contributed by atoms with Gasteiger partial charge in [0.1, 0.15) is 0 Å². The third-order valence-corrected chi connectivity index (χ3v) is 17.9. The molecule has 3 unspecified atom stereocenters. The van der Waals surface area contributed by atoms with Crippen LogP contribution in [0.2, 0.25) is 0 Å². The first kappa shape index (κ1) is 44.0. The molecule has 4 aliphatic rings. The van der Waals surface area contributed by atoms with E-state index in [1.165, 1.54) is 146 Å². The van der Waals surface area contributed by atoms with Crippen molar-refractivity contribution in [1.29, 1.82) is 0 Å². The minimum Gasteiger partial charge on any atom is -0.310 e. The molecule has 14 rings (SSSR count). The number of anilines is 3. The first-order chi connectivity index (χ1) is 36.2. The van der Waals surface area contributed by atoms with Gasteiger partial charge >= 0.3 is 0 Å². The van der Waals surface area contributed by atoms with Crippen LogP contribution in [0.4, 0.5) is 17.1 Å². The molecule has 0 amide bonds. The molecule has 0 aliphatic heterocycles. The topological polar surface area (TPSA) is 3.24 Å². The van der Waals surface area contributed by atoms with E-state index in [2.05, 4.69) is 241 Å². The Bertz CT molecular complexity index is 3550. The van der Waals surface area contributed by atoms with E-state index in [-0.39, 0.29) is 0 Å². The van der Waals surface area contributed by atoms with Crippen molar-refractivity contribution >= 4 is 27.8 Å². The Morgan fingerprint density at radius 2 is 0.986 bits per heavy atom. The summed E-state index contributed by atoms with van der Waals surface area (Å²) in [5.74, 6) is 3.13. The highest BCUT2D eigenvalue weighted by Gasteiger charge is 2.48. The Morgan fingerprint density at radius 1 is 0.384 bits per heavy atom. The molecule has 0 heterocycles. The summed E-state index contributed by atoms with van der Waals surface area (Å²) in [6.45, 7) is 0. The fourth-order valence-electron chi connectivity index (χ4n) is 14.5. The Hall–Kier alpha value is -7.74. The van der Waals surface area contributed by atoms with E-state index < -0.39 is 5.41 Å². The largest absolute Gasteiger partial charge is 0.310 e. The van der Waals surface area contributed by atoms with Crippen LogP contribution >= 0.6 is 0 Å². The second kappa shape index (κ2) is 18.4. The molecular weight excluding hydrogens is 879 g/mol. The summed E-state index contributed by atoms with van der Waals surface area (Å²) in [6, 6.07) is 89.9. The first-order valence-corrected chi connectivity index (χ1v) is 27.3. The van der Waals surface area contributed by atoms with E-state index in [4.69, 9.17) is 0 Å². The van der Waals surface area contributed by atoms with Gasteiger partial charge in [0.2, 0.25) is 0 Å². The van der Waals surface area contributed by atoms with Crippen molar-refractivity contribution in [2.75, 3.05) is 4.90 Å². The lowest BCUT2D eigenvalue weighted by Crippen LogP contribution is -2.29. The highest BCUT2D eigenvalue weighted by atomic mass is 15.1. The average molecular weight is 940 g/mol. The predicted molar refractivity (Wildman–Crippen MR) is 306 cm³/mol. The van der Waals surface area contributed by atoms with Crippen LogP contribution in [-0.2, 0) is 5.41 Å². The molecule has 0 aromatic heterocycles. The minimum atomic E-state index is -0.513. The molecule has 354 valence electrons.